The van der Waals surface area contributed by atoms with Crippen molar-refractivity contribution in [3.05, 3.63) is 18.6 Å². The Labute approximate surface area is 190 Å². The zero-order chi connectivity index (χ0) is 25.9. The molecule has 1 fully saturated rings. The molecule has 188 valence electrons. The van der Waals surface area contributed by atoms with E-state index < -0.39 is 58.7 Å². The summed E-state index contributed by atoms with van der Waals surface area (Å²) in [6, 6.07) is 1.50. The van der Waals surface area contributed by atoms with Crippen LogP contribution in [0.4, 0.5) is 14.6 Å². The van der Waals surface area contributed by atoms with Crippen LogP contribution in [0.3, 0.4) is 0 Å². The van der Waals surface area contributed by atoms with Crippen LogP contribution in [0.1, 0.15) is 13.2 Å². The predicted molar refractivity (Wildman–Crippen MR) is 110 cm³/mol. The minimum atomic E-state index is -6.62. The summed E-state index contributed by atoms with van der Waals surface area (Å²) in [5, 5.41) is 16.0. The van der Waals surface area contributed by atoms with E-state index in [1.165, 1.54) is 23.8 Å². The molecule has 1 aliphatic heterocycles. The molecule has 0 amide bonds. The number of anilines is 1. The van der Waals surface area contributed by atoms with Crippen LogP contribution >= 0.6 is 22.7 Å². The van der Waals surface area contributed by atoms with Gasteiger partial charge in [-0.05, 0) is 13.0 Å². The Morgan fingerprint density at radius 2 is 1.94 bits per heavy atom. The topological polar surface area (TPSA) is 237 Å². The van der Waals surface area contributed by atoms with E-state index in [2.05, 4.69) is 18.8 Å². The van der Waals surface area contributed by atoms with Crippen molar-refractivity contribution in [2.45, 2.75) is 36.4 Å². The number of fused-ring (bicyclic) bond motifs is 1. The zero-order valence-corrected chi connectivity index (χ0v) is 19.6. The molecule has 3 unspecified atom stereocenters. The van der Waals surface area contributed by atoms with E-state index in [0.717, 1.165) is 6.33 Å². The first-order chi connectivity index (χ1) is 15.3. The first kappa shape index (κ1) is 27.3. The highest BCUT2D eigenvalue weighted by Crippen LogP contribution is 2.77. The Bertz CT molecular complexity index is 1240. The SMILES string of the molecule is [B]P(=O)(OC[C@H]1O[C@@H](n2ccc3c(N)ncnc32)[C@](C)(O)C1O)OP(=O)(O)C(F)(F)P(=O)(O)O. The Morgan fingerprint density at radius 1 is 1.32 bits per heavy atom. The molecule has 2 aromatic rings. The average Bonchev–Trinajstić information content (AvgIpc) is 3.19. The number of aliphatic hydroxyl groups excluding tert-OH is 1. The van der Waals surface area contributed by atoms with Gasteiger partial charge in [-0.2, -0.15) is 8.78 Å². The van der Waals surface area contributed by atoms with E-state index >= 15 is 0 Å². The molecule has 34 heavy (non-hydrogen) atoms. The smallest absolute Gasteiger partial charge is 0.387 e. The molecular weight excluding hydrogens is 530 g/mol. The van der Waals surface area contributed by atoms with E-state index in [9.17, 15) is 37.6 Å². The second-order valence-corrected chi connectivity index (χ2v) is 13.0. The molecule has 6 atom stereocenters. The zero-order valence-electron chi connectivity index (χ0n) is 17.0. The van der Waals surface area contributed by atoms with Gasteiger partial charge in [0.1, 0.15) is 35.6 Å². The lowest BCUT2D eigenvalue weighted by Crippen LogP contribution is -2.44. The van der Waals surface area contributed by atoms with Gasteiger partial charge < -0.3 is 44.5 Å². The first-order valence-corrected chi connectivity index (χ1v) is 13.8. The van der Waals surface area contributed by atoms with Gasteiger partial charge in [-0.15, -0.1) is 0 Å². The number of hydrogen-bond donors (Lipinski definition) is 6. The summed E-state index contributed by atoms with van der Waals surface area (Å²) in [5.41, 5.74) is 3.92. The van der Waals surface area contributed by atoms with Crippen LogP contribution in [0.15, 0.2) is 18.6 Å². The average molecular weight is 548 g/mol. The number of hydrogen-bond acceptors (Lipinski definition) is 11. The normalized spacial score (nSPS) is 29.7. The van der Waals surface area contributed by atoms with Gasteiger partial charge in [0.05, 0.1) is 12.0 Å². The Balaban J connectivity index is 1.78. The van der Waals surface area contributed by atoms with Crippen molar-refractivity contribution in [3.8, 4) is 0 Å². The summed E-state index contributed by atoms with van der Waals surface area (Å²) in [5.74, 6) is 0.114. The van der Waals surface area contributed by atoms with E-state index in [1.807, 2.05) is 0 Å². The van der Waals surface area contributed by atoms with Crippen LogP contribution < -0.4 is 5.73 Å². The second-order valence-electron chi connectivity index (χ2n) is 7.41. The van der Waals surface area contributed by atoms with Crippen LogP contribution in [0.25, 0.3) is 11.0 Å². The number of rotatable bonds is 8. The number of aromatic nitrogens is 3. The van der Waals surface area contributed by atoms with Crippen LogP contribution in [-0.4, -0.2) is 76.8 Å². The lowest BCUT2D eigenvalue weighted by Gasteiger charge is -2.28. The van der Waals surface area contributed by atoms with Gasteiger partial charge in [-0.25, -0.2) is 14.3 Å². The van der Waals surface area contributed by atoms with Gasteiger partial charge in [0.15, 0.2) is 6.23 Å². The molecule has 15 nitrogen and oxygen atoms in total. The maximum absolute atomic E-state index is 13.6. The highest BCUT2D eigenvalue weighted by atomic mass is 31.3. The largest absolute Gasteiger partial charge is 0.444 e. The van der Waals surface area contributed by atoms with Gasteiger partial charge in [0.2, 0.25) is 7.57 Å². The monoisotopic (exact) mass is 548 g/mol. The Morgan fingerprint density at radius 3 is 2.53 bits per heavy atom. The Hall–Kier alpha value is -1.29. The number of halogens is 2. The van der Waals surface area contributed by atoms with Gasteiger partial charge in [-0.1, -0.05) is 0 Å². The summed E-state index contributed by atoms with van der Waals surface area (Å²) in [7, 11) is -13.5. The molecule has 0 saturated carbocycles. The number of nitrogens with zero attached hydrogens (tertiary/aromatic N) is 3. The van der Waals surface area contributed by atoms with Crippen molar-refractivity contribution in [2.75, 3.05) is 12.3 Å². The molecule has 0 bridgehead atoms. The molecule has 0 spiro atoms. The lowest BCUT2D eigenvalue weighted by molar-refractivity contribution is -0.0945. The number of aliphatic hydroxyl groups is 2. The number of ether oxygens (including phenoxy) is 1. The van der Waals surface area contributed by atoms with Gasteiger partial charge >= 0.3 is 20.6 Å². The maximum atomic E-state index is 13.6. The summed E-state index contributed by atoms with van der Waals surface area (Å²) in [6.45, 7) is 0.138. The molecule has 21 heteroatoms. The molecule has 1 saturated heterocycles. The molecule has 3 heterocycles. The van der Waals surface area contributed by atoms with Crippen LogP contribution in [-0.2, 0) is 27.3 Å². The quantitative estimate of drug-likeness (QED) is 0.192. The molecular formula is C13H18BF2N4O11P3. The highest BCUT2D eigenvalue weighted by molar-refractivity contribution is 7.86. The van der Waals surface area contributed by atoms with Crippen LogP contribution in [0.2, 0.25) is 0 Å². The fourth-order valence-electron chi connectivity index (χ4n) is 3.13. The molecule has 3 rings (SSSR count). The first-order valence-electron chi connectivity index (χ1n) is 8.95. The lowest BCUT2D eigenvalue weighted by atomic mass is 9.96. The summed E-state index contributed by atoms with van der Waals surface area (Å²) >= 11 is 0. The number of alkyl halides is 2. The molecule has 0 aromatic carbocycles. The van der Waals surface area contributed by atoms with Crippen LogP contribution in [0.5, 0.6) is 0 Å². The fourth-order valence-corrected chi connectivity index (χ4v) is 6.94. The second kappa shape index (κ2) is 8.68. The predicted octanol–water partition coefficient (Wildman–Crippen LogP) is 0.246. The van der Waals surface area contributed by atoms with Gasteiger partial charge in [0.25, 0.3) is 7.47 Å². The third-order valence-electron chi connectivity index (χ3n) is 4.88. The molecule has 2 aromatic heterocycles. The van der Waals surface area contributed by atoms with Crippen molar-refractivity contribution < 1.29 is 60.9 Å². The Kier molecular flexibility index (Phi) is 6.97. The summed E-state index contributed by atoms with van der Waals surface area (Å²) in [4.78, 5) is 34.2. The fraction of sp³-hybridized carbons (Fsp3) is 0.538. The standard InChI is InChI=1S/C13H18BF2N4O11P3/c1-12(22)8(21)7(30-11(12)20-3-2-6-9(17)18-5-19-10(6)20)4-29-34(14,28)31-33(26,27)13(15,16)32(23,24)25/h2-3,5,7-8,11,21-22H,4H2,1H3,(H,26,27)(H2,17,18,19)(H2,23,24,25)/t7-,8?,11-,12-,34?/m1/s1. The van der Waals surface area contributed by atoms with E-state index in [0.29, 0.717) is 5.39 Å². The molecule has 1 aliphatic rings. The highest BCUT2D eigenvalue weighted by Gasteiger charge is 2.66. The molecule has 2 radical (unpaired) electrons. The van der Waals surface area contributed by atoms with Gasteiger partial charge in [-0.3, -0.25) is 13.7 Å². The third-order valence-corrected chi connectivity index (χ3v) is 10.1. The molecule has 0 aliphatic carbocycles. The van der Waals surface area contributed by atoms with Crippen molar-refractivity contribution in [1.29, 1.82) is 0 Å². The summed E-state index contributed by atoms with van der Waals surface area (Å²) < 4.78 is 76.7. The van der Waals surface area contributed by atoms with Gasteiger partial charge in [0, 0.05) is 6.20 Å². The van der Waals surface area contributed by atoms with Crippen molar-refractivity contribution >= 4 is 47.1 Å². The van der Waals surface area contributed by atoms with Crippen molar-refractivity contribution in [2.24, 2.45) is 0 Å². The third kappa shape index (κ3) is 4.73. The van der Waals surface area contributed by atoms with E-state index in [1.54, 1.807) is 0 Å². The molecule has 7 N–H and O–H groups in total. The minimum absolute atomic E-state index is 0.114. The number of nitrogen functional groups attached to an aromatic ring is 1. The number of nitrogens with two attached hydrogens (primary N) is 1. The van der Waals surface area contributed by atoms with E-state index in [-0.39, 0.29) is 11.5 Å². The maximum Gasteiger partial charge on any atom is 0.444 e. The van der Waals surface area contributed by atoms with E-state index in [4.69, 9.17) is 27.8 Å². The van der Waals surface area contributed by atoms with Crippen molar-refractivity contribution in [3.63, 3.8) is 0 Å². The van der Waals surface area contributed by atoms with Crippen LogP contribution in [0, 0.1) is 0 Å². The summed E-state index contributed by atoms with van der Waals surface area (Å²) in [6.07, 6.45) is -2.11. The van der Waals surface area contributed by atoms with Crippen molar-refractivity contribution in [1.82, 2.24) is 14.5 Å². The minimum Gasteiger partial charge on any atom is -0.387 e.